The van der Waals surface area contributed by atoms with E-state index < -0.39 is 43.8 Å². The van der Waals surface area contributed by atoms with Crippen LogP contribution in [-0.2, 0) is 33.7 Å². The highest BCUT2D eigenvalue weighted by Crippen LogP contribution is 2.39. The summed E-state index contributed by atoms with van der Waals surface area (Å²) in [7, 11) is -3.99. The van der Waals surface area contributed by atoms with Gasteiger partial charge in [-0.2, -0.15) is 23.8 Å². The van der Waals surface area contributed by atoms with Crippen molar-refractivity contribution in [3.8, 4) is 0 Å². The molecule has 0 atom stereocenters. The van der Waals surface area contributed by atoms with Gasteiger partial charge in [-0.1, -0.05) is 5.16 Å². The Morgan fingerprint density at radius 2 is 2.00 bits per heavy atom. The van der Waals surface area contributed by atoms with E-state index in [4.69, 9.17) is 4.84 Å². The molecule has 0 saturated heterocycles. The molecule has 2 heterocycles. The van der Waals surface area contributed by atoms with Gasteiger partial charge in [-0.15, -0.1) is 0 Å². The fourth-order valence-corrected chi connectivity index (χ4v) is 3.17. The van der Waals surface area contributed by atoms with Crippen molar-refractivity contribution in [2.24, 2.45) is 12.2 Å². The Bertz CT molecular complexity index is 696. The predicted molar refractivity (Wildman–Crippen MR) is 65.8 cm³/mol. The number of hydrogen-bond acceptors (Lipinski definition) is 6. The van der Waals surface area contributed by atoms with Crippen LogP contribution >= 0.6 is 0 Å². The SMILES string of the molecule is Cn1nc(CF)c(C(F)(F)S(=O)(=O)C2=NOC(C)(C)C2)n1. The fraction of sp³-hybridized carbons (Fsp3) is 0.700. The van der Waals surface area contributed by atoms with Crippen LogP contribution in [0.1, 0.15) is 31.7 Å². The molecular weight excluding hydrogens is 313 g/mol. The molecule has 21 heavy (non-hydrogen) atoms. The fourth-order valence-electron chi connectivity index (χ4n) is 1.79. The Kier molecular flexibility index (Phi) is 3.51. The van der Waals surface area contributed by atoms with Crippen molar-refractivity contribution in [1.82, 2.24) is 15.0 Å². The van der Waals surface area contributed by atoms with Gasteiger partial charge in [-0.05, 0) is 13.8 Å². The highest BCUT2D eigenvalue weighted by Gasteiger charge is 2.56. The molecule has 0 saturated carbocycles. The zero-order valence-electron chi connectivity index (χ0n) is 11.5. The van der Waals surface area contributed by atoms with Gasteiger partial charge in [-0.25, -0.2) is 12.8 Å². The number of halogens is 3. The monoisotopic (exact) mass is 326 g/mol. The highest BCUT2D eigenvalue weighted by atomic mass is 32.2. The third-order valence-corrected chi connectivity index (χ3v) is 4.51. The van der Waals surface area contributed by atoms with E-state index in [0.717, 1.165) is 0 Å². The van der Waals surface area contributed by atoms with Gasteiger partial charge in [0.2, 0.25) is 0 Å². The first-order valence-corrected chi connectivity index (χ1v) is 7.34. The topological polar surface area (TPSA) is 86.4 Å². The summed E-state index contributed by atoms with van der Waals surface area (Å²) < 4.78 is 65.4. The van der Waals surface area contributed by atoms with Crippen molar-refractivity contribution in [1.29, 1.82) is 0 Å². The van der Waals surface area contributed by atoms with E-state index in [2.05, 4.69) is 15.4 Å². The van der Waals surface area contributed by atoms with Crippen molar-refractivity contribution < 1.29 is 26.4 Å². The molecule has 0 bridgehead atoms. The first-order chi connectivity index (χ1) is 9.51. The van der Waals surface area contributed by atoms with Crippen molar-refractivity contribution >= 4 is 14.9 Å². The van der Waals surface area contributed by atoms with E-state index in [9.17, 15) is 21.6 Å². The summed E-state index contributed by atoms with van der Waals surface area (Å²) in [6, 6.07) is 0. The van der Waals surface area contributed by atoms with E-state index in [1.807, 2.05) is 0 Å². The van der Waals surface area contributed by atoms with Crippen LogP contribution in [0.3, 0.4) is 0 Å². The number of nitrogens with zero attached hydrogens (tertiary/aromatic N) is 4. The van der Waals surface area contributed by atoms with Crippen molar-refractivity contribution in [3.05, 3.63) is 11.4 Å². The van der Waals surface area contributed by atoms with Crippen LogP contribution < -0.4 is 0 Å². The van der Waals surface area contributed by atoms with Crippen molar-refractivity contribution in [2.45, 2.75) is 37.8 Å². The summed E-state index contributed by atoms with van der Waals surface area (Å²) in [6.45, 7) is 1.65. The molecule has 0 N–H and O–H groups in total. The van der Waals surface area contributed by atoms with Crippen LogP contribution in [0, 0.1) is 0 Å². The Morgan fingerprint density at radius 1 is 1.38 bits per heavy atom. The second-order valence-electron chi connectivity index (χ2n) is 5.15. The summed E-state index contributed by atoms with van der Waals surface area (Å²) in [5, 5.41) is 4.62. The lowest BCUT2D eigenvalue weighted by molar-refractivity contribution is 0.0123. The van der Waals surface area contributed by atoms with Gasteiger partial charge in [0.15, 0.2) is 10.7 Å². The predicted octanol–water partition coefficient (Wildman–Crippen LogP) is 1.26. The molecule has 1 aliphatic rings. The molecule has 1 aliphatic heterocycles. The van der Waals surface area contributed by atoms with Crippen LogP contribution in [-0.4, -0.2) is 34.1 Å². The van der Waals surface area contributed by atoms with E-state index in [-0.39, 0.29) is 6.42 Å². The molecule has 1 aromatic heterocycles. The molecule has 0 fully saturated rings. The molecule has 0 aromatic carbocycles. The molecule has 7 nitrogen and oxygen atoms in total. The van der Waals surface area contributed by atoms with E-state index >= 15 is 0 Å². The summed E-state index contributed by atoms with van der Waals surface area (Å²) in [5.74, 6) is 0. The van der Waals surface area contributed by atoms with Gasteiger partial charge in [0.05, 0.1) is 0 Å². The number of aromatic nitrogens is 3. The summed E-state index contributed by atoms with van der Waals surface area (Å²) in [4.78, 5) is 5.48. The maximum atomic E-state index is 14.3. The number of hydrogen-bond donors (Lipinski definition) is 0. The van der Waals surface area contributed by atoms with Crippen LogP contribution in [0.25, 0.3) is 0 Å². The van der Waals surface area contributed by atoms with Gasteiger partial charge in [0, 0.05) is 13.5 Å². The number of rotatable bonds is 3. The smallest absolute Gasteiger partial charge is 0.389 e. The Labute approximate surface area is 118 Å². The normalized spacial score (nSPS) is 18.5. The minimum absolute atomic E-state index is 0.309. The average molecular weight is 326 g/mol. The standard InChI is InChI=1S/C10H13F3N4O3S/c1-9(2)4-7(16-20-9)21(18,19)10(12,13)8-6(5-11)14-17(3)15-8/h4-5H2,1-3H3. The second kappa shape index (κ2) is 4.68. The quantitative estimate of drug-likeness (QED) is 0.834. The van der Waals surface area contributed by atoms with Crippen LogP contribution in [0.4, 0.5) is 13.2 Å². The number of aryl methyl sites for hydroxylation is 1. The molecule has 0 radical (unpaired) electrons. The summed E-state index contributed by atoms with van der Waals surface area (Å²) in [6.07, 6.45) is -0.309. The zero-order valence-corrected chi connectivity index (χ0v) is 12.3. The molecule has 0 aliphatic carbocycles. The third kappa shape index (κ3) is 2.49. The first kappa shape index (κ1) is 15.7. The van der Waals surface area contributed by atoms with Gasteiger partial charge in [0.1, 0.15) is 18.0 Å². The molecule has 0 amide bonds. The van der Waals surface area contributed by atoms with Gasteiger partial charge in [-0.3, -0.25) is 0 Å². The third-order valence-electron chi connectivity index (χ3n) is 2.80. The Morgan fingerprint density at radius 3 is 2.48 bits per heavy atom. The van der Waals surface area contributed by atoms with Gasteiger partial charge < -0.3 is 4.84 Å². The molecule has 0 unspecified atom stereocenters. The minimum atomic E-state index is -5.17. The first-order valence-electron chi connectivity index (χ1n) is 5.85. The lowest BCUT2D eigenvalue weighted by Gasteiger charge is -2.16. The lowest BCUT2D eigenvalue weighted by atomic mass is 10.1. The molecule has 2 rings (SSSR count). The molecular formula is C10H13F3N4O3S. The number of alkyl halides is 3. The molecule has 11 heteroatoms. The molecule has 0 spiro atoms. The Hall–Kier alpha value is -1.65. The van der Waals surface area contributed by atoms with Crippen LogP contribution in [0.2, 0.25) is 0 Å². The van der Waals surface area contributed by atoms with Crippen molar-refractivity contribution in [3.63, 3.8) is 0 Å². The van der Waals surface area contributed by atoms with Crippen molar-refractivity contribution in [2.75, 3.05) is 0 Å². The maximum absolute atomic E-state index is 14.3. The average Bonchev–Trinajstić information content (AvgIpc) is 2.92. The lowest BCUT2D eigenvalue weighted by Crippen LogP contribution is -2.35. The van der Waals surface area contributed by atoms with Crippen LogP contribution in [0.5, 0.6) is 0 Å². The number of sulfone groups is 1. The van der Waals surface area contributed by atoms with E-state index in [0.29, 0.717) is 4.80 Å². The second-order valence-corrected chi connectivity index (χ2v) is 7.14. The van der Waals surface area contributed by atoms with E-state index in [1.165, 1.54) is 20.9 Å². The van der Waals surface area contributed by atoms with Crippen LogP contribution in [0.15, 0.2) is 5.16 Å². The van der Waals surface area contributed by atoms with Gasteiger partial charge >= 0.3 is 5.25 Å². The minimum Gasteiger partial charge on any atom is -0.389 e. The van der Waals surface area contributed by atoms with E-state index in [1.54, 1.807) is 0 Å². The maximum Gasteiger partial charge on any atom is 0.396 e. The largest absolute Gasteiger partial charge is 0.396 e. The summed E-state index contributed by atoms with van der Waals surface area (Å²) >= 11 is 0. The number of oxime groups is 1. The molecule has 1 aromatic rings. The summed E-state index contributed by atoms with van der Waals surface area (Å²) in [5.41, 5.74) is -2.96. The molecule has 118 valence electrons. The Balaban J connectivity index is 2.48. The van der Waals surface area contributed by atoms with Gasteiger partial charge in [0.25, 0.3) is 9.84 Å². The zero-order chi connectivity index (χ0) is 16.1. The highest BCUT2D eigenvalue weighted by molar-refractivity contribution is 8.06.